The SMILES string of the molecule is C=CCNC(=NC)NCc1ccccc1CN1CCOCC1.I. The van der Waals surface area contributed by atoms with E-state index in [1.165, 1.54) is 11.1 Å². The van der Waals surface area contributed by atoms with Gasteiger partial charge in [0, 0.05) is 39.8 Å². The summed E-state index contributed by atoms with van der Waals surface area (Å²) < 4.78 is 5.41. The van der Waals surface area contributed by atoms with Crippen LogP contribution < -0.4 is 10.6 Å². The lowest BCUT2D eigenvalue weighted by Crippen LogP contribution is -2.38. The van der Waals surface area contributed by atoms with Crippen molar-refractivity contribution in [2.75, 3.05) is 39.9 Å². The van der Waals surface area contributed by atoms with Gasteiger partial charge >= 0.3 is 0 Å². The van der Waals surface area contributed by atoms with Crippen molar-refractivity contribution in [3.63, 3.8) is 0 Å². The van der Waals surface area contributed by atoms with Crippen LogP contribution >= 0.6 is 24.0 Å². The van der Waals surface area contributed by atoms with E-state index in [2.05, 4.69) is 51.4 Å². The minimum atomic E-state index is 0. The minimum Gasteiger partial charge on any atom is -0.379 e. The van der Waals surface area contributed by atoms with Crippen molar-refractivity contribution in [1.29, 1.82) is 0 Å². The maximum atomic E-state index is 5.41. The fraction of sp³-hybridized carbons (Fsp3) is 0.471. The van der Waals surface area contributed by atoms with Gasteiger partial charge in [-0.3, -0.25) is 9.89 Å². The lowest BCUT2D eigenvalue weighted by molar-refractivity contribution is 0.0341. The predicted octanol–water partition coefficient (Wildman–Crippen LogP) is 1.99. The van der Waals surface area contributed by atoms with Crippen LogP contribution in [0.5, 0.6) is 0 Å². The number of ether oxygens (including phenoxy) is 1. The Labute approximate surface area is 156 Å². The van der Waals surface area contributed by atoms with Crippen LogP contribution in [0, 0.1) is 0 Å². The van der Waals surface area contributed by atoms with Gasteiger partial charge in [0.25, 0.3) is 0 Å². The lowest BCUT2D eigenvalue weighted by Gasteiger charge is -2.27. The molecule has 1 saturated heterocycles. The van der Waals surface area contributed by atoms with E-state index in [1.807, 2.05) is 6.08 Å². The summed E-state index contributed by atoms with van der Waals surface area (Å²) in [5, 5.41) is 6.53. The minimum absolute atomic E-state index is 0. The highest BCUT2D eigenvalue weighted by molar-refractivity contribution is 14.0. The van der Waals surface area contributed by atoms with Gasteiger partial charge < -0.3 is 15.4 Å². The van der Waals surface area contributed by atoms with Gasteiger partial charge in [-0.2, -0.15) is 0 Å². The summed E-state index contributed by atoms with van der Waals surface area (Å²) in [6.45, 7) is 9.81. The average Bonchev–Trinajstić information content (AvgIpc) is 2.57. The molecule has 0 aromatic heterocycles. The number of nitrogens with one attached hydrogen (secondary N) is 2. The van der Waals surface area contributed by atoms with Crippen LogP contribution in [0.3, 0.4) is 0 Å². The van der Waals surface area contributed by atoms with Gasteiger partial charge in [0.1, 0.15) is 0 Å². The monoisotopic (exact) mass is 430 g/mol. The third kappa shape index (κ3) is 6.88. The smallest absolute Gasteiger partial charge is 0.191 e. The van der Waals surface area contributed by atoms with Gasteiger partial charge in [-0.15, -0.1) is 30.6 Å². The van der Waals surface area contributed by atoms with Gasteiger partial charge in [0.2, 0.25) is 0 Å². The van der Waals surface area contributed by atoms with Gasteiger partial charge in [-0.25, -0.2) is 0 Å². The molecule has 1 aliphatic rings. The fourth-order valence-corrected chi connectivity index (χ4v) is 2.45. The van der Waals surface area contributed by atoms with Crippen LogP contribution in [0.15, 0.2) is 41.9 Å². The van der Waals surface area contributed by atoms with E-state index in [0.717, 1.165) is 45.4 Å². The van der Waals surface area contributed by atoms with Crippen molar-refractivity contribution in [3.05, 3.63) is 48.0 Å². The summed E-state index contributed by atoms with van der Waals surface area (Å²) >= 11 is 0. The molecule has 23 heavy (non-hydrogen) atoms. The van der Waals surface area contributed by atoms with Crippen LogP contribution in [-0.2, 0) is 17.8 Å². The summed E-state index contributed by atoms with van der Waals surface area (Å²) in [6.07, 6.45) is 1.82. The number of hydrogen-bond donors (Lipinski definition) is 2. The molecular formula is C17H27IN4O. The molecule has 0 amide bonds. The number of halogens is 1. The van der Waals surface area contributed by atoms with E-state index in [1.54, 1.807) is 7.05 Å². The molecule has 6 heteroatoms. The zero-order valence-electron chi connectivity index (χ0n) is 13.8. The molecule has 0 spiro atoms. The Morgan fingerprint density at radius 3 is 2.61 bits per heavy atom. The number of nitrogens with zero attached hydrogens (tertiary/aromatic N) is 2. The average molecular weight is 430 g/mol. The third-order valence-corrected chi connectivity index (χ3v) is 3.70. The first kappa shape index (κ1) is 19.9. The van der Waals surface area contributed by atoms with Crippen LogP contribution in [-0.4, -0.2) is 50.8 Å². The van der Waals surface area contributed by atoms with Gasteiger partial charge in [-0.1, -0.05) is 30.3 Å². The molecule has 1 aliphatic heterocycles. The third-order valence-electron chi connectivity index (χ3n) is 3.70. The van der Waals surface area contributed by atoms with Crippen LogP contribution in [0.1, 0.15) is 11.1 Å². The highest BCUT2D eigenvalue weighted by Gasteiger charge is 2.12. The summed E-state index contributed by atoms with van der Waals surface area (Å²) in [5.41, 5.74) is 2.66. The van der Waals surface area contributed by atoms with Crippen LogP contribution in [0.4, 0.5) is 0 Å². The molecule has 1 aromatic rings. The van der Waals surface area contributed by atoms with E-state index in [-0.39, 0.29) is 24.0 Å². The molecule has 2 rings (SSSR count). The van der Waals surface area contributed by atoms with Crippen molar-refractivity contribution < 1.29 is 4.74 Å². The van der Waals surface area contributed by atoms with E-state index < -0.39 is 0 Å². The molecule has 2 N–H and O–H groups in total. The second-order valence-corrected chi connectivity index (χ2v) is 5.25. The topological polar surface area (TPSA) is 48.9 Å². The van der Waals surface area contributed by atoms with Crippen LogP contribution in [0.2, 0.25) is 0 Å². The molecule has 0 saturated carbocycles. The van der Waals surface area contributed by atoms with E-state index >= 15 is 0 Å². The molecule has 0 unspecified atom stereocenters. The Balaban J connectivity index is 0.00000264. The standard InChI is InChI=1S/C17H26N4O.HI/c1-3-8-19-17(18-2)20-13-15-6-4-5-7-16(15)14-21-9-11-22-12-10-21;/h3-7H,1,8-14H2,2H3,(H2,18,19,20);1H. The van der Waals surface area contributed by atoms with Crippen molar-refractivity contribution in [1.82, 2.24) is 15.5 Å². The Morgan fingerprint density at radius 2 is 1.96 bits per heavy atom. The maximum Gasteiger partial charge on any atom is 0.191 e. The number of aliphatic imine (C=N–C) groups is 1. The van der Waals surface area contributed by atoms with E-state index in [4.69, 9.17) is 4.74 Å². The number of benzene rings is 1. The highest BCUT2D eigenvalue weighted by atomic mass is 127. The van der Waals surface area contributed by atoms with Crippen molar-refractivity contribution in [2.24, 2.45) is 4.99 Å². The zero-order chi connectivity index (χ0) is 15.6. The molecule has 1 fully saturated rings. The molecule has 128 valence electrons. The van der Waals surface area contributed by atoms with Gasteiger partial charge in [-0.05, 0) is 11.1 Å². The second kappa shape index (κ2) is 11.4. The van der Waals surface area contributed by atoms with E-state index in [9.17, 15) is 0 Å². The van der Waals surface area contributed by atoms with Crippen molar-refractivity contribution in [3.8, 4) is 0 Å². The van der Waals surface area contributed by atoms with Crippen molar-refractivity contribution in [2.45, 2.75) is 13.1 Å². The number of hydrogen-bond acceptors (Lipinski definition) is 3. The Bertz CT molecular complexity index is 501. The Kier molecular flexibility index (Phi) is 9.89. The highest BCUT2D eigenvalue weighted by Crippen LogP contribution is 2.12. The van der Waals surface area contributed by atoms with Crippen LogP contribution in [0.25, 0.3) is 0 Å². The van der Waals surface area contributed by atoms with Gasteiger partial charge in [0.05, 0.1) is 13.2 Å². The maximum absolute atomic E-state index is 5.41. The first-order valence-electron chi connectivity index (χ1n) is 7.75. The summed E-state index contributed by atoms with van der Waals surface area (Å²) in [4.78, 5) is 6.64. The predicted molar refractivity (Wildman–Crippen MR) is 106 cm³/mol. The van der Waals surface area contributed by atoms with E-state index in [0.29, 0.717) is 6.54 Å². The molecule has 0 radical (unpaired) electrons. The lowest BCUT2D eigenvalue weighted by atomic mass is 10.1. The largest absolute Gasteiger partial charge is 0.379 e. The fourth-order valence-electron chi connectivity index (χ4n) is 2.45. The number of morpholine rings is 1. The summed E-state index contributed by atoms with van der Waals surface area (Å²) in [6, 6.07) is 8.56. The van der Waals surface area contributed by atoms with Crippen molar-refractivity contribution >= 4 is 29.9 Å². The van der Waals surface area contributed by atoms with Gasteiger partial charge in [0.15, 0.2) is 5.96 Å². The molecular weight excluding hydrogens is 403 g/mol. The molecule has 0 atom stereocenters. The summed E-state index contributed by atoms with van der Waals surface area (Å²) in [5.74, 6) is 0.793. The summed E-state index contributed by atoms with van der Waals surface area (Å²) in [7, 11) is 1.78. The molecule has 1 heterocycles. The second-order valence-electron chi connectivity index (χ2n) is 5.25. The first-order chi connectivity index (χ1) is 10.8. The Hall–Kier alpha value is -1.12. The zero-order valence-corrected chi connectivity index (χ0v) is 16.1. The molecule has 0 bridgehead atoms. The Morgan fingerprint density at radius 1 is 1.26 bits per heavy atom. The first-order valence-corrected chi connectivity index (χ1v) is 7.75. The number of guanidine groups is 1. The molecule has 5 nitrogen and oxygen atoms in total. The molecule has 1 aromatic carbocycles. The number of rotatable bonds is 6. The normalized spacial score (nSPS) is 15.6. The molecule has 0 aliphatic carbocycles. The quantitative estimate of drug-likeness (QED) is 0.314.